The molecule has 6 N–H and O–H groups in total. The lowest BCUT2D eigenvalue weighted by Crippen LogP contribution is -2.66. The molecule has 0 aromatic carbocycles. The predicted octanol–water partition coefficient (Wildman–Crippen LogP) is 1.71. The van der Waals surface area contributed by atoms with E-state index < -0.39 is 64.2 Å². The van der Waals surface area contributed by atoms with Gasteiger partial charge in [0.25, 0.3) is 0 Å². The van der Waals surface area contributed by atoms with Gasteiger partial charge in [-0.05, 0) is 80.8 Å². The van der Waals surface area contributed by atoms with Gasteiger partial charge >= 0.3 is 0 Å². The predicted molar refractivity (Wildman–Crippen MR) is 127 cm³/mol. The molecule has 0 aromatic heterocycles. The molecular weight excluding hydrogens is 436 g/mol. The number of aliphatic hydroxyl groups excluding tert-OH is 4. The number of carbonyl (C=O) groups is 1. The molecule has 4 aliphatic rings. The summed E-state index contributed by atoms with van der Waals surface area (Å²) in [7, 11) is 0. The maximum Gasteiger partial charge on any atom is 0.159 e. The Hall–Kier alpha value is -0.830. The SMILES string of the molecule is CC(C)CC[C@@H](O)[C@](C)(O)[C@H]1CC[C@@]2(O)C3=CC(=O)[C@@H]4C[C@@H](O)[C@@H](O)C[C@]4(C)C3[C@H](O)C[C@]12C. The van der Waals surface area contributed by atoms with Gasteiger partial charge in [-0.3, -0.25) is 4.79 Å². The van der Waals surface area contributed by atoms with E-state index in [2.05, 4.69) is 13.8 Å². The molecule has 0 saturated heterocycles. The van der Waals surface area contributed by atoms with Gasteiger partial charge in [0, 0.05) is 17.3 Å². The highest BCUT2D eigenvalue weighted by Gasteiger charge is 2.71. The van der Waals surface area contributed by atoms with Crippen molar-refractivity contribution in [2.45, 2.75) is 115 Å². The van der Waals surface area contributed by atoms with Crippen LogP contribution in [0.5, 0.6) is 0 Å². The van der Waals surface area contributed by atoms with Gasteiger partial charge in [0.1, 0.15) is 0 Å². The van der Waals surface area contributed by atoms with E-state index in [9.17, 15) is 35.4 Å². The Morgan fingerprint density at radius 1 is 1.09 bits per heavy atom. The van der Waals surface area contributed by atoms with Gasteiger partial charge in [-0.25, -0.2) is 0 Å². The highest BCUT2D eigenvalue weighted by molar-refractivity contribution is 5.95. The van der Waals surface area contributed by atoms with Crippen LogP contribution in [0.2, 0.25) is 0 Å². The molecule has 4 aliphatic carbocycles. The summed E-state index contributed by atoms with van der Waals surface area (Å²) < 4.78 is 0. The van der Waals surface area contributed by atoms with E-state index in [1.165, 1.54) is 6.08 Å². The molecule has 0 radical (unpaired) electrons. The lowest BCUT2D eigenvalue weighted by molar-refractivity contribution is -0.196. The second-order valence-corrected chi connectivity index (χ2v) is 13.0. The van der Waals surface area contributed by atoms with Crippen molar-refractivity contribution in [3.63, 3.8) is 0 Å². The summed E-state index contributed by atoms with van der Waals surface area (Å²) in [5.74, 6) is -1.32. The van der Waals surface area contributed by atoms with E-state index in [-0.39, 0.29) is 25.0 Å². The largest absolute Gasteiger partial charge is 0.392 e. The summed E-state index contributed by atoms with van der Waals surface area (Å²) >= 11 is 0. The first-order chi connectivity index (χ1) is 15.6. The second kappa shape index (κ2) is 8.35. The molecule has 11 atom stereocenters. The second-order valence-electron chi connectivity index (χ2n) is 13.0. The number of hydrogen-bond donors (Lipinski definition) is 6. The highest BCUT2D eigenvalue weighted by Crippen LogP contribution is 2.68. The average molecular weight is 481 g/mol. The molecule has 0 spiro atoms. The van der Waals surface area contributed by atoms with E-state index in [0.717, 1.165) is 6.42 Å². The van der Waals surface area contributed by atoms with Crippen LogP contribution in [0.3, 0.4) is 0 Å². The average Bonchev–Trinajstić information content (AvgIpc) is 2.99. The van der Waals surface area contributed by atoms with Crippen LogP contribution in [-0.4, -0.2) is 72.0 Å². The minimum absolute atomic E-state index is 0.137. The Morgan fingerprint density at radius 2 is 1.74 bits per heavy atom. The van der Waals surface area contributed by atoms with E-state index in [1.807, 2.05) is 13.8 Å². The molecule has 7 heteroatoms. The summed E-state index contributed by atoms with van der Waals surface area (Å²) in [5, 5.41) is 66.9. The molecule has 3 fully saturated rings. The van der Waals surface area contributed by atoms with Crippen LogP contribution in [0.25, 0.3) is 0 Å². The van der Waals surface area contributed by atoms with Crippen LogP contribution in [0.15, 0.2) is 11.6 Å². The number of ketones is 1. The molecular formula is C27H44O7. The first-order valence-corrected chi connectivity index (χ1v) is 13.0. The monoisotopic (exact) mass is 480 g/mol. The minimum atomic E-state index is -1.46. The molecule has 0 aliphatic heterocycles. The number of aliphatic hydroxyl groups is 6. The molecule has 0 bridgehead atoms. The van der Waals surface area contributed by atoms with Gasteiger partial charge in [-0.1, -0.05) is 27.7 Å². The maximum atomic E-state index is 13.3. The molecule has 0 aromatic rings. The van der Waals surface area contributed by atoms with E-state index in [4.69, 9.17) is 0 Å². The van der Waals surface area contributed by atoms with Gasteiger partial charge in [-0.15, -0.1) is 0 Å². The van der Waals surface area contributed by atoms with Crippen LogP contribution in [0, 0.1) is 34.5 Å². The third-order valence-electron chi connectivity index (χ3n) is 10.5. The Bertz CT molecular complexity index is 852. The number of hydrogen-bond acceptors (Lipinski definition) is 7. The molecule has 34 heavy (non-hydrogen) atoms. The Balaban J connectivity index is 1.73. The Morgan fingerprint density at radius 3 is 2.35 bits per heavy atom. The smallest absolute Gasteiger partial charge is 0.159 e. The molecule has 0 heterocycles. The van der Waals surface area contributed by atoms with E-state index in [1.54, 1.807) is 6.92 Å². The Kier molecular flexibility index (Phi) is 6.45. The highest BCUT2D eigenvalue weighted by atomic mass is 16.3. The zero-order valence-electron chi connectivity index (χ0n) is 21.2. The fourth-order valence-corrected chi connectivity index (χ4v) is 8.44. The van der Waals surface area contributed by atoms with Crippen molar-refractivity contribution in [3.8, 4) is 0 Å². The molecule has 194 valence electrons. The van der Waals surface area contributed by atoms with Crippen molar-refractivity contribution < 1.29 is 35.4 Å². The molecule has 4 rings (SSSR count). The zero-order chi connectivity index (χ0) is 25.4. The van der Waals surface area contributed by atoms with Crippen LogP contribution in [0.1, 0.15) is 79.6 Å². The van der Waals surface area contributed by atoms with Crippen molar-refractivity contribution in [3.05, 3.63) is 11.6 Å². The van der Waals surface area contributed by atoms with E-state index in [0.29, 0.717) is 30.8 Å². The number of fused-ring (bicyclic) bond motifs is 5. The topological polar surface area (TPSA) is 138 Å². The summed E-state index contributed by atoms with van der Waals surface area (Å²) in [4.78, 5) is 13.3. The summed E-state index contributed by atoms with van der Waals surface area (Å²) in [5.41, 5.74) is -4.09. The number of allylic oxidation sites excluding steroid dienone is 1. The van der Waals surface area contributed by atoms with E-state index >= 15 is 0 Å². The lowest BCUT2D eigenvalue weighted by Gasteiger charge is -2.62. The van der Waals surface area contributed by atoms with Gasteiger partial charge < -0.3 is 30.6 Å². The van der Waals surface area contributed by atoms with Crippen LogP contribution < -0.4 is 0 Å². The molecule has 0 amide bonds. The molecule has 7 nitrogen and oxygen atoms in total. The van der Waals surface area contributed by atoms with Crippen molar-refractivity contribution in [2.24, 2.45) is 34.5 Å². The third-order valence-corrected chi connectivity index (χ3v) is 10.5. The maximum absolute atomic E-state index is 13.3. The third kappa shape index (κ3) is 3.57. The van der Waals surface area contributed by atoms with Gasteiger partial charge in [0.05, 0.1) is 35.6 Å². The summed E-state index contributed by atoms with van der Waals surface area (Å²) in [6, 6.07) is 0. The molecule has 3 saturated carbocycles. The zero-order valence-corrected chi connectivity index (χ0v) is 21.2. The number of carbonyl (C=O) groups excluding carboxylic acids is 1. The standard InChI is InChI=1S/C27H44O7/c1-14(2)6-7-22(32)26(5,33)21-8-9-27(34)16-11-17(28)15-10-18(29)19(30)12-24(15,3)23(16)20(31)13-25(21,27)4/h11,14-15,18-23,29-34H,6-10,12-13H2,1-5H3/t15-,18+,19-,20+,21-,22+,23?,24-,25+,26+,27+/m0/s1. The first kappa shape index (κ1) is 26.2. The molecule has 1 unspecified atom stereocenters. The quantitative estimate of drug-likeness (QED) is 0.352. The van der Waals surface area contributed by atoms with Gasteiger partial charge in [0.15, 0.2) is 5.78 Å². The summed E-state index contributed by atoms with van der Waals surface area (Å²) in [6.07, 6.45) is 0.195. The van der Waals surface area contributed by atoms with Gasteiger partial charge in [-0.2, -0.15) is 0 Å². The van der Waals surface area contributed by atoms with Crippen molar-refractivity contribution in [1.29, 1.82) is 0 Å². The van der Waals surface area contributed by atoms with Crippen molar-refractivity contribution in [1.82, 2.24) is 0 Å². The van der Waals surface area contributed by atoms with Gasteiger partial charge in [0.2, 0.25) is 0 Å². The number of rotatable bonds is 5. The minimum Gasteiger partial charge on any atom is -0.392 e. The summed E-state index contributed by atoms with van der Waals surface area (Å²) in [6.45, 7) is 9.52. The Labute approximate surface area is 202 Å². The van der Waals surface area contributed by atoms with Crippen LogP contribution >= 0.6 is 0 Å². The van der Waals surface area contributed by atoms with Crippen LogP contribution in [-0.2, 0) is 4.79 Å². The normalized spacial score (nSPS) is 49.1. The fraction of sp³-hybridized carbons (Fsp3) is 0.889. The van der Waals surface area contributed by atoms with Crippen molar-refractivity contribution in [2.75, 3.05) is 0 Å². The first-order valence-electron chi connectivity index (χ1n) is 13.0. The van der Waals surface area contributed by atoms with Crippen molar-refractivity contribution >= 4 is 5.78 Å². The fourth-order valence-electron chi connectivity index (χ4n) is 8.44. The lowest BCUT2D eigenvalue weighted by atomic mass is 9.45. The van der Waals surface area contributed by atoms with Crippen LogP contribution in [0.4, 0.5) is 0 Å².